The molecule has 2 aromatic heterocycles. The molecular formula is C23H24N2O. The quantitative estimate of drug-likeness (QED) is 0.498. The first-order valence-corrected chi connectivity index (χ1v) is 9.00. The summed E-state index contributed by atoms with van der Waals surface area (Å²) in [5, 5.41) is 2.40. The molecule has 3 heteroatoms. The second kappa shape index (κ2) is 6.17. The Morgan fingerprint density at radius 1 is 0.962 bits per heavy atom. The Bertz CT molecular complexity index is 1090. The molecule has 0 bridgehead atoms. The normalized spacial score (nSPS) is 12.0. The fraction of sp³-hybridized carbons (Fsp3) is 0.261. The Morgan fingerprint density at radius 2 is 1.69 bits per heavy atom. The minimum atomic E-state index is -0.0372. The zero-order valence-electron chi connectivity index (χ0n) is 15.8. The first-order chi connectivity index (χ1) is 12.5. The van der Waals surface area contributed by atoms with Crippen LogP contribution in [-0.2, 0) is 11.8 Å². The number of ether oxygens (including phenoxy) is 1. The lowest BCUT2D eigenvalue weighted by atomic mass is 9.89. The van der Waals surface area contributed by atoms with Crippen molar-refractivity contribution in [2.45, 2.75) is 32.6 Å². The van der Waals surface area contributed by atoms with Gasteiger partial charge in [0.1, 0.15) is 11.4 Å². The van der Waals surface area contributed by atoms with Crippen molar-refractivity contribution in [2.75, 3.05) is 7.11 Å². The average molecular weight is 344 g/mol. The van der Waals surface area contributed by atoms with Gasteiger partial charge in [-0.15, -0.1) is 0 Å². The second-order valence-corrected chi connectivity index (χ2v) is 7.74. The molecule has 0 atom stereocenters. The third-order valence-corrected chi connectivity index (χ3v) is 4.88. The lowest BCUT2D eigenvalue weighted by Gasteiger charge is -2.18. The number of hydrogen-bond acceptors (Lipinski definition) is 2. The lowest BCUT2D eigenvalue weighted by Crippen LogP contribution is -2.15. The van der Waals surface area contributed by atoms with Gasteiger partial charge in [-0.25, -0.2) is 4.98 Å². The fourth-order valence-corrected chi connectivity index (χ4v) is 3.62. The molecule has 0 aliphatic heterocycles. The van der Waals surface area contributed by atoms with Crippen LogP contribution in [0.25, 0.3) is 16.4 Å². The summed E-state index contributed by atoms with van der Waals surface area (Å²) in [7, 11) is 1.73. The molecule has 26 heavy (non-hydrogen) atoms. The van der Waals surface area contributed by atoms with Crippen LogP contribution in [0.5, 0.6) is 5.75 Å². The average Bonchev–Trinajstić information content (AvgIpc) is 3.01. The fourth-order valence-electron chi connectivity index (χ4n) is 3.62. The summed E-state index contributed by atoms with van der Waals surface area (Å²) in [4.78, 5) is 5.09. The predicted octanol–water partition coefficient (Wildman–Crippen LogP) is 5.38. The van der Waals surface area contributed by atoms with Gasteiger partial charge in [0, 0.05) is 29.0 Å². The van der Waals surface area contributed by atoms with Gasteiger partial charge in [-0.1, -0.05) is 63.2 Å². The number of benzene rings is 2. The van der Waals surface area contributed by atoms with Crippen LogP contribution in [0.4, 0.5) is 0 Å². The molecule has 4 rings (SSSR count). The topological polar surface area (TPSA) is 26.5 Å². The zero-order chi connectivity index (χ0) is 18.3. The number of para-hydroxylation sites is 1. The molecule has 132 valence electrons. The van der Waals surface area contributed by atoms with E-state index in [2.05, 4.69) is 73.8 Å². The number of imidazole rings is 1. The Kier molecular flexibility index (Phi) is 3.95. The smallest absolute Gasteiger partial charge is 0.145 e. The predicted molar refractivity (Wildman–Crippen MR) is 107 cm³/mol. The van der Waals surface area contributed by atoms with Crippen LogP contribution in [0.1, 0.15) is 37.7 Å². The van der Waals surface area contributed by atoms with Crippen molar-refractivity contribution in [3.8, 4) is 5.75 Å². The summed E-state index contributed by atoms with van der Waals surface area (Å²) in [6.07, 6.45) is 2.93. The molecule has 0 radical (unpaired) electrons. The zero-order valence-corrected chi connectivity index (χ0v) is 15.8. The molecule has 0 N–H and O–H groups in total. The number of hydrogen-bond donors (Lipinski definition) is 0. The summed E-state index contributed by atoms with van der Waals surface area (Å²) in [5.74, 6) is 0.920. The van der Waals surface area contributed by atoms with E-state index >= 15 is 0 Å². The third-order valence-electron chi connectivity index (χ3n) is 4.88. The van der Waals surface area contributed by atoms with Crippen LogP contribution in [0, 0.1) is 0 Å². The van der Waals surface area contributed by atoms with E-state index in [-0.39, 0.29) is 5.41 Å². The number of pyridine rings is 1. The molecule has 0 unspecified atom stereocenters. The summed E-state index contributed by atoms with van der Waals surface area (Å²) in [5.41, 5.74) is 4.53. The third kappa shape index (κ3) is 2.74. The van der Waals surface area contributed by atoms with Crippen LogP contribution in [0.2, 0.25) is 0 Å². The van der Waals surface area contributed by atoms with Gasteiger partial charge < -0.3 is 9.14 Å². The molecule has 4 aromatic rings. The van der Waals surface area contributed by atoms with E-state index < -0.39 is 0 Å². The van der Waals surface area contributed by atoms with Gasteiger partial charge in [0.25, 0.3) is 0 Å². The van der Waals surface area contributed by atoms with E-state index in [9.17, 15) is 0 Å². The van der Waals surface area contributed by atoms with E-state index in [1.165, 1.54) is 22.0 Å². The van der Waals surface area contributed by atoms with Crippen molar-refractivity contribution in [1.82, 2.24) is 9.38 Å². The molecule has 3 nitrogen and oxygen atoms in total. The minimum Gasteiger partial charge on any atom is -0.496 e. The number of nitrogens with zero attached hydrogens (tertiary/aromatic N) is 2. The van der Waals surface area contributed by atoms with Crippen LogP contribution in [0.3, 0.4) is 0 Å². The van der Waals surface area contributed by atoms with Crippen molar-refractivity contribution < 1.29 is 4.74 Å². The molecule has 0 fully saturated rings. The van der Waals surface area contributed by atoms with E-state index in [1.54, 1.807) is 7.11 Å². The van der Waals surface area contributed by atoms with Crippen molar-refractivity contribution >= 4 is 16.4 Å². The molecule has 0 spiro atoms. The largest absolute Gasteiger partial charge is 0.496 e. The van der Waals surface area contributed by atoms with E-state index in [0.29, 0.717) is 0 Å². The lowest BCUT2D eigenvalue weighted by molar-refractivity contribution is 0.410. The summed E-state index contributed by atoms with van der Waals surface area (Å²) in [6, 6.07) is 18.8. The highest BCUT2D eigenvalue weighted by molar-refractivity contribution is 5.94. The summed E-state index contributed by atoms with van der Waals surface area (Å²) < 4.78 is 7.82. The maximum Gasteiger partial charge on any atom is 0.145 e. The van der Waals surface area contributed by atoms with Crippen LogP contribution < -0.4 is 4.74 Å². The van der Waals surface area contributed by atoms with Crippen LogP contribution in [-0.4, -0.2) is 16.5 Å². The maximum atomic E-state index is 5.57. The van der Waals surface area contributed by atoms with Crippen molar-refractivity contribution in [3.05, 3.63) is 77.7 Å². The molecule has 0 aliphatic carbocycles. The van der Waals surface area contributed by atoms with E-state index in [0.717, 1.165) is 23.5 Å². The Balaban J connectivity index is 1.99. The summed E-state index contributed by atoms with van der Waals surface area (Å²) >= 11 is 0. The summed E-state index contributed by atoms with van der Waals surface area (Å²) in [6.45, 7) is 6.67. The van der Waals surface area contributed by atoms with Crippen LogP contribution >= 0.6 is 0 Å². The van der Waals surface area contributed by atoms with Gasteiger partial charge >= 0.3 is 0 Å². The number of aromatic nitrogens is 2. The first-order valence-electron chi connectivity index (χ1n) is 9.00. The Hall–Kier alpha value is -2.81. The SMILES string of the molecule is COc1ccccc1Cc1c(C(C)(C)C)nc2c3ccccc3ccn12. The molecule has 0 saturated heterocycles. The maximum absolute atomic E-state index is 5.57. The number of methoxy groups -OCH3 is 1. The molecule has 0 aliphatic rings. The van der Waals surface area contributed by atoms with E-state index in [4.69, 9.17) is 9.72 Å². The standard InChI is InChI=1S/C23H24N2O/c1-23(2,3)21-19(15-17-10-6-8-12-20(17)26-4)25-14-13-16-9-5-7-11-18(16)22(25)24-21/h5-14H,15H2,1-4H3. The first kappa shape index (κ1) is 16.6. The molecule has 0 amide bonds. The molecule has 2 aromatic carbocycles. The second-order valence-electron chi connectivity index (χ2n) is 7.74. The highest BCUT2D eigenvalue weighted by Crippen LogP contribution is 2.32. The number of fused-ring (bicyclic) bond motifs is 3. The highest BCUT2D eigenvalue weighted by Gasteiger charge is 2.25. The molecule has 0 saturated carbocycles. The van der Waals surface area contributed by atoms with Gasteiger partial charge in [0.2, 0.25) is 0 Å². The van der Waals surface area contributed by atoms with Crippen molar-refractivity contribution in [2.24, 2.45) is 0 Å². The Morgan fingerprint density at radius 3 is 2.46 bits per heavy atom. The molecule has 2 heterocycles. The van der Waals surface area contributed by atoms with Gasteiger partial charge in [-0.05, 0) is 17.5 Å². The van der Waals surface area contributed by atoms with E-state index in [1.807, 2.05) is 12.1 Å². The minimum absolute atomic E-state index is 0.0372. The highest BCUT2D eigenvalue weighted by atomic mass is 16.5. The van der Waals surface area contributed by atoms with Gasteiger partial charge in [-0.3, -0.25) is 0 Å². The van der Waals surface area contributed by atoms with Gasteiger partial charge in [0.15, 0.2) is 0 Å². The van der Waals surface area contributed by atoms with Crippen molar-refractivity contribution in [1.29, 1.82) is 0 Å². The Labute approximate surface area is 154 Å². The van der Waals surface area contributed by atoms with Crippen molar-refractivity contribution in [3.63, 3.8) is 0 Å². The monoisotopic (exact) mass is 344 g/mol. The molecular weight excluding hydrogens is 320 g/mol. The van der Waals surface area contributed by atoms with Crippen LogP contribution in [0.15, 0.2) is 60.8 Å². The number of rotatable bonds is 3. The van der Waals surface area contributed by atoms with Gasteiger partial charge in [0.05, 0.1) is 18.5 Å². The van der Waals surface area contributed by atoms with Gasteiger partial charge in [-0.2, -0.15) is 0 Å².